The van der Waals surface area contributed by atoms with Crippen molar-refractivity contribution in [3.05, 3.63) is 18.3 Å². The zero-order valence-corrected chi connectivity index (χ0v) is 10.4. The minimum atomic E-state index is 0.717. The Labute approximate surface area is 97.6 Å². The molecule has 0 saturated carbocycles. The summed E-state index contributed by atoms with van der Waals surface area (Å²) in [7, 11) is 1.85. The number of aromatic nitrogens is 1. The third kappa shape index (κ3) is 4.06. The normalized spacial score (nSPS) is 10.5. The molecule has 0 saturated heterocycles. The number of hydrogen-bond donors (Lipinski definition) is 1. The molecule has 0 fully saturated rings. The highest BCUT2D eigenvalue weighted by Crippen LogP contribution is 2.13. The summed E-state index contributed by atoms with van der Waals surface area (Å²) < 4.78 is 5.66. The van der Waals surface area contributed by atoms with Gasteiger partial charge in [0.05, 0.1) is 0 Å². The van der Waals surface area contributed by atoms with Crippen LogP contribution in [0.3, 0.4) is 0 Å². The second-order valence-corrected chi connectivity index (χ2v) is 3.50. The van der Waals surface area contributed by atoms with E-state index >= 15 is 0 Å². The van der Waals surface area contributed by atoms with E-state index in [9.17, 15) is 0 Å². The Bertz CT molecular complexity index is 300. The van der Waals surface area contributed by atoms with Crippen LogP contribution < -0.4 is 10.1 Å². The van der Waals surface area contributed by atoms with Gasteiger partial charge >= 0.3 is 0 Å². The third-order valence-corrected chi connectivity index (χ3v) is 2.56. The van der Waals surface area contributed by atoms with E-state index < -0.39 is 0 Å². The van der Waals surface area contributed by atoms with Crippen molar-refractivity contribution in [2.75, 3.05) is 38.6 Å². The molecule has 1 aromatic rings. The molecule has 16 heavy (non-hydrogen) atoms. The molecule has 90 valence electrons. The molecule has 0 aliphatic carbocycles. The summed E-state index contributed by atoms with van der Waals surface area (Å²) in [5.74, 6) is 1.70. The fraction of sp³-hybridized carbons (Fsp3) is 0.583. The molecular weight excluding hydrogens is 202 g/mol. The Morgan fingerprint density at radius 1 is 1.38 bits per heavy atom. The molecule has 1 heterocycles. The number of nitrogens with one attached hydrogen (secondary N) is 1. The largest absolute Gasteiger partial charge is 0.492 e. The van der Waals surface area contributed by atoms with Crippen LogP contribution in [0.2, 0.25) is 0 Å². The minimum absolute atomic E-state index is 0.717. The van der Waals surface area contributed by atoms with Crippen molar-refractivity contribution in [1.29, 1.82) is 0 Å². The van der Waals surface area contributed by atoms with E-state index in [2.05, 4.69) is 29.0 Å². The summed E-state index contributed by atoms with van der Waals surface area (Å²) in [5.41, 5.74) is 0. The van der Waals surface area contributed by atoms with Crippen molar-refractivity contribution >= 4 is 5.82 Å². The van der Waals surface area contributed by atoms with Crippen LogP contribution >= 0.6 is 0 Å². The van der Waals surface area contributed by atoms with Gasteiger partial charge in [-0.3, -0.25) is 0 Å². The maximum atomic E-state index is 5.66. The van der Waals surface area contributed by atoms with Crippen LogP contribution in [0.1, 0.15) is 13.8 Å². The number of hydrogen-bond acceptors (Lipinski definition) is 4. The van der Waals surface area contributed by atoms with Gasteiger partial charge in [-0.1, -0.05) is 13.8 Å². The first-order valence-electron chi connectivity index (χ1n) is 5.79. The Morgan fingerprint density at radius 2 is 2.12 bits per heavy atom. The Balaban J connectivity index is 2.36. The quantitative estimate of drug-likeness (QED) is 0.765. The van der Waals surface area contributed by atoms with Crippen LogP contribution in [-0.2, 0) is 0 Å². The molecule has 1 rings (SSSR count). The van der Waals surface area contributed by atoms with Crippen LogP contribution in [0, 0.1) is 0 Å². The van der Waals surface area contributed by atoms with Crippen molar-refractivity contribution in [2.45, 2.75) is 13.8 Å². The number of ether oxygens (including phenoxy) is 1. The lowest BCUT2D eigenvalue weighted by atomic mass is 10.4. The van der Waals surface area contributed by atoms with Crippen LogP contribution in [0.25, 0.3) is 0 Å². The molecule has 0 bridgehead atoms. The second kappa shape index (κ2) is 7.06. The molecule has 0 unspecified atom stereocenters. The van der Waals surface area contributed by atoms with Crippen LogP contribution in [0.4, 0.5) is 5.82 Å². The highest BCUT2D eigenvalue weighted by Gasteiger charge is 2.00. The molecule has 0 aliphatic rings. The summed E-state index contributed by atoms with van der Waals surface area (Å²) >= 11 is 0. The number of likely N-dealkylation sites (N-methyl/N-ethyl adjacent to an activating group) is 1. The SMILES string of the molecule is CCN(CC)CCOc1ccnc(NC)c1. The second-order valence-electron chi connectivity index (χ2n) is 3.50. The van der Waals surface area contributed by atoms with Gasteiger partial charge in [-0.05, 0) is 19.2 Å². The van der Waals surface area contributed by atoms with Gasteiger partial charge in [0.25, 0.3) is 0 Å². The smallest absolute Gasteiger partial charge is 0.129 e. The zero-order valence-electron chi connectivity index (χ0n) is 10.4. The third-order valence-electron chi connectivity index (χ3n) is 2.56. The van der Waals surface area contributed by atoms with E-state index in [4.69, 9.17) is 4.74 Å². The number of anilines is 1. The highest BCUT2D eigenvalue weighted by atomic mass is 16.5. The maximum Gasteiger partial charge on any atom is 0.129 e. The van der Waals surface area contributed by atoms with Gasteiger partial charge in [-0.2, -0.15) is 0 Å². The molecule has 4 heteroatoms. The molecule has 0 aliphatic heterocycles. The molecule has 4 nitrogen and oxygen atoms in total. The van der Waals surface area contributed by atoms with Crippen molar-refractivity contribution in [2.24, 2.45) is 0 Å². The zero-order chi connectivity index (χ0) is 11.8. The Morgan fingerprint density at radius 3 is 2.75 bits per heavy atom. The first kappa shape index (κ1) is 12.8. The fourth-order valence-electron chi connectivity index (χ4n) is 1.47. The summed E-state index contributed by atoms with van der Waals surface area (Å²) in [4.78, 5) is 6.47. The average Bonchev–Trinajstić information content (AvgIpc) is 2.35. The van der Waals surface area contributed by atoms with E-state index in [1.807, 2.05) is 19.2 Å². The monoisotopic (exact) mass is 223 g/mol. The minimum Gasteiger partial charge on any atom is -0.492 e. The molecule has 0 amide bonds. The van der Waals surface area contributed by atoms with Crippen molar-refractivity contribution < 1.29 is 4.74 Å². The van der Waals surface area contributed by atoms with E-state index in [0.717, 1.165) is 37.8 Å². The molecule has 0 radical (unpaired) electrons. The van der Waals surface area contributed by atoms with Crippen LogP contribution in [0.5, 0.6) is 5.75 Å². The van der Waals surface area contributed by atoms with Gasteiger partial charge in [0.1, 0.15) is 18.2 Å². The lowest BCUT2D eigenvalue weighted by Gasteiger charge is -2.18. The van der Waals surface area contributed by atoms with E-state index in [1.54, 1.807) is 6.20 Å². The maximum absolute atomic E-state index is 5.66. The van der Waals surface area contributed by atoms with Crippen LogP contribution in [0.15, 0.2) is 18.3 Å². The van der Waals surface area contributed by atoms with Gasteiger partial charge in [0.2, 0.25) is 0 Å². The average molecular weight is 223 g/mol. The molecule has 0 atom stereocenters. The standard InChI is InChI=1S/C12H21N3O/c1-4-15(5-2)8-9-16-11-6-7-14-12(10-11)13-3/h6-7,10H,4-5,8-9H2,1-3H3,(H,13,14). The van der Waals surface area contributed by atoms with E-state index in [0.29, 0.717) is 0 Å². The van der Waals surface area contributed by atoms with E-state index in [-0.39, 0.29) is 0 Å². The van der Waals surface area contributed by atoms with E-state index in [1.165, 1.54) is 0 Å². The topological polar surface area (TPSA) is 37.4 Å². The first-order chi connectivity index (χ1) is 7.80. The summed E-state index contributed by atoms with van der Waals surface area (Å²) in [6.45, 7) is 8.14. The van der Waals surface area contributed by atoms with Gasteiger partial charge in [0.15, 0.2) is 0 Å². The van der Waals surface area contributed by atoms with Crippen molar-refractivity contribution in [3.63, 3.8) is 0 Å². The summed E-state index contributed by atoms with van der Waals surface area (Å²) in [5, 5.41) is 2.99. The van der Waals surface area contributed by atoms with Gasteiger partial charge < -0.3 is 15.0 Å². The van der Waals surface area contributed by atoms with Gasteiger partial charge in [0, 0.05) is 25.9 Å². The predicted octanol–water partition coefficient (Wildman–Crippen LogP) is 1.84. The number of nitrogens with zero attached hydrogens (tertiary/aromatic N) is 2. The van der Waals surface area contributed by atoms with Crippen molar-refractivity contribution in [1.82, 2.24) is 9.88 Å². The molecular formula is C12H21N3O. The van der Waals surface area contributed by atoms with Crippen molar-refractivity contribution in [3.8, 4) is 5.75 Å². The Hall–Kier alpha value is -1.29. The van der Waals surface area contributed by atoms with Crippen LogP contribution in [-0.4, -0.2) is 43.2 Å². The molecule has 1 N–H and O–H groups in total. The van der Waals surface area contributed by atoms with Gasteiger partial charge in [-0.15, -0.1) is 0 Å². The highest BCUT2D eigenvalue weighted by molar-refractivity contribution is 5.39. The number of rotatable bonds is 7. The summed E-state index contributed by atoms with van der Waals surface area (Å²) in [6, 6.07) is 3.78. The molecule has 0 aromatic carbocycles. The predicted molar refractivity (Wildman–Crippen MR) is 67.1 cm³/mol. The first-order valence-corrected chi connectivity index (χ1v) is 5.79. The fourth-order valence-corrected chi connectivity index (χ4v) is 1.47. The molecule has 1 aromatic heterocycles. The Kier molecular flexibility index (Phi) is 5.64. The number of pyridine rings is 1. The van der Waals surface area contributed by atoms with Gasteiger partial charge in [-0.25, -0.2) is 4.98 Å². The lowest BCUT2D eigenvalue weighted by molar-refractivity contribution is 0.223. The lowest BCUT2D eigenvalue weighted by Crippen LogP contribution is -2.27. The molecule has 0 spiro atoms. The summed E-state index contributed by atoms with van der Waals surface area (Å²) in [6.07, 6.45) is 1.75.